The molecule has 3 aliphatic rings. The summed E-state index contributed by atoms with van der Waals surface area (Å²) in [6.07, 6.45) is 8.06. The number of hydrogen-bond acceptors (Lipinski definition) is 6. The van der Waals surface area contributed by atoms with E-state index in [0.717, 1.165) is 37.8 Å². The van der Waals surface area contributed by atoms with Crippen molar-refractivity contribution in [3.63, 3.8) is 0 Å². The second-order valence-electron chi connectivity index (χ2n) is 8.71. The number of rotatable bonds is 3. The SMILES string of the molecule is Cc1cnc(C(=O)N2CCCC[C@H]2c2nc3c(c(=O)[nH]2)CCN(C(=O)C2CC2)C3)cn1. The van der Waals surface area contributed by atoms with Crippen LogP contribution < -0.4 is 5.56 Å². The van der Waals surface area contributed by atoms with Crippen molar-refractivity contribution in [2.45, 2.75) is 58.0 Å². The number of fused-ring (bicyclic) bond motifs is 1. The summed E-state index contributed by atoms with van der Waals surface area (Å²) in [7, 11) is 0. The first-order chi connectivity index (χ1) is 15.0. The van der Waals surface area contributed by atoms with Crippen molar-refractivity contribution in [2.24, 2.45) is 5.92 Å². The summed E-state index contributed by atoms with van der Waals surface area (Å²) in [5.74, 6) is 0.604. The van der Waals surface area contributed by atoms with Gasteiger partial charge in [-0.25, -0.2) is 9.97 Å². The molecule has 2 aromatic heterocycles. The molecule has 9 heteroatoms. The van der Waals surface area contributed by atoms with Crippen LogP contribution in [-0.4, -0.2) is 54.6 Å². The Hall–Kier alpha value is -3.10. The van der Waals surface area contributed by atoms with Crippen molar-refractivity contribution < 1.29 is 9.59 Å². The van der Waals surface area contributed by atoms with Crippen molar-refractivity contribution in [3.05, 3.63) is 51.2 Å². The highest BCUT2D eigenvalue weighted by Gasteiger charge is 2.36. The van der Waals surface area contributed by atoms with Crippen LogP contribution in [0.2, 0.25) is 0 Å². The first-order valence-electron chi connectivity index (χ1n) is 11.0. The van der Waals surface area contributed by atoms with E-state index in [2.05, 4.69) is 15.0 Å². The summed E-state index contributed by atoms with van der Waals surface area (Å²) in [6, 6.07) is -0.322. The molecule has 4 heterocycles. The Morgan fingerprint density at radius 3 is 2.68 bits per heavy atom. The fourth-order valence-corrected chi connectivity index (χ4v) is 4.50. The van der Waals surface area contributed by atoms with Crippen LogP contribution in [0.5, 0.6) is 0 Å². The lowest BCUT2D eigenvalue weighted by atomic mass is 9.99. The second kappa shape index (κ2) is 7.86. The lowest BCUT2D eigenvalue weighted by Gasteiger charge is -2.35. The molecular formula is C22H26N6O3. The molecule has 9 nitrogen and oxygen atoms in total. The minimum absolute atomic E-state index is 0.144. The summed E-state index contributed by atoms with van der Waals surface area (Å²) in [5.41, 5.74) is 2.19. The largest absolute Gasteiger partial charge is 0.336 e. The normalized spacial score (nSPS) is 21.0. The van der Waals surface area contributed by atoms with Crippen LogP contribution in [-0.2, 0) is 17.8 Å². The Morgan fingerprint density at radius 1 is 1.10 bits per heavy atom. The Balaban J connectivity index is 1.44. The van der Waals surface area contributed by atoms with E-state index in [4.69, 9.17) is 4.98 Å². The zero-order chi connectivity index (χ0) is 21.5. The van der Waals surface area contributed by atoms with Crippen LogP contribution in [0.1, 0.15) is 71.4 Å². The molecule has 1 N–H and O–H groups in total. The molecule has 1 aliphatic carbocycles. The average molecular weight is 422 g/mol. The molecule has 5 rings (SSSR count). The second-order valence-corrected chi connectivity index (χ2v) is 8.71. The molecule has 2 aliphatic heterocycles. The zero-order valence-corrected chi connectivity index (χ0v) is 17.6. The Morgan fingerprint density at radius 2 is 1.94 bits per heavy atom. The number of piperidine rings is 1. The molecule has 31 heavy (non-hydrogen) atoms. The Bertz CT molecular complexity index is 1080. The van der Waals surface area contributed by atoms with Crippen molar-refractivity contribution in [3.8, 4) is 0 Å². The number of likely N-dealkylation sites (tertiary alicyclic amines) is 1. The van der Waals surface area contributed by atoms with E-state index in [9.17, 15) is 14.4 Å². The van der Waals surface area contributed by atoms with Crippen molar-refractivity contribution >= 4 is 11.8 Å². The number of H-pyrrole nitrogens is 1. The number of carbonyl (C=O) groups excluding carboxylic acids is 2. The lowest BCUT2D eigenvalue weighted by Crippen LogP contribution is -2.43. The van der Waals surface area contributed by atoms with Gasteiger partial charge in [0.2, 0.25) is 5.91 Å². The first kappa shape index (κ1) is 19.8. The molecule has 0 unspecified atom stereocenters. The molecule has 0 bridgehead atoms. The van der Waals surface area contributed by atoms with E-state index in [1.54, 1.807) is 11.1 Å². The maximum Gasteiger partial charge on any atom is 0.274 e. The van der Waals surface area contributed by atoms with Crippen LogP contribution in [0.15, 0.2) is 17.2 Å². The fourth-order valence-electron chi connectivity index (χ4n) is 4.50. The van der Waals surface area contributed by atoms with Gasteiger partial charge in [-0.2, -0.15) is 0 Å². The predicted molar refractivity (Wildman–Crippen MR) is 111 cm³/mol. The standard InChI is InChI=1S/C22H26N6O3/c1-13-10-24-16(11-23-13)22(31)28-8-3-2-4-18(28)19-25-17-12-27(21(30)14-5-6-14)9-7-15(17)20(29)26-19/h10-11,14,18H,2-9,12H2,1H3,(H,25,26,29)/t18-/m0/s1. The molecule has 0 radical (unpaired) electrons. The van der Waals surface area contributed by atoms with Crippen molar-refractivity contribution in [1.29, 1.82) is 0 Å². The topological polar surface area (TPSA) is 112 Å². The van der Waals surface area contributed by atoms with Crippen LogP contribution >= 0.6 is 0 Å². The lowest BCUT2D eigenvalue weighted by molar-refractivity contribution is -0.133. The molecular weight excluding hydrogens is 396 g/mol. The van der Waals surface area contributed by atoms with Gasteiger partial charge >= 0.3 is 0 Å². The fraction of sp³-hybridized carbons (Fsp3) is 0.545. The first-order valence-corrected chi connectivity index (χ1v) is 11.0. The quantitative estimate of drug-likeness (QED) is 0.803. The van der Waals surface area contributed by atoms with E-state index in [1.807, 2.05) is 11.8 Å². The third-order valence-electron chi connectivity index (χ3n) is 6.41. The highest BCUT2D eigenvalue weighted by molar-refractivity contribution is 5.92. The summed E-state index contributed by atoms with van der Waals surface area (Å²) in [5, 5.41) is 0. The number of aromatic amines is 1. The third kappa shape index (κ3) is 3.84. The average Bonchev–Trinajstić information content (AvgIpc) is 3.64. The molecule has 2 fully saturated rings. The van der Waals surface area contributed by atoms with Gasteiger partial charge in [-0.1, -0.05) is 0 Å². The van der Waals surface area contributed by atoms with E-state index in [0.29, 0.717) is 48.8 Å². The third-order valence-corrected chi connectivity index (χ3v) is 6.41. The molecule has 0 aromatic carbocycles. The molecule has 0 spiro atoms. The molecule has 1 saturated carbocycles. The van der Waals surface area contributed by atoms with Crippen molar-refractivity contribution in [2.75, 3.05) is 13.1 Å². The van der Waals surface area contributed by atoms with Gasteiger partial charge in [0.15, 0.2) is 0 Å². The van der Waals surface area contributed by atoms with Crippen LogP contribution in [0.25, 0.3) is 0 Å². The predicted octanol–water partition coefficient (Wildman–Crippen LogP) is 1.53. The number of hydrogen-bond donors (Lipinski definition) is 1. The molecule has 2 amide bonds. The number of aromatic nitrogens is 4. The van der Waals surface area contributed by atoms with Gasteiger partial charge in [0.25, 0.3) is 11.5 Å². The summed E-state index contributed by atoms with van der Waals surface area (Å²) in [6.45, 7) is 3.33. The summed E-state index contributed by atoms with van der Waals surface area (Å²) in [4.78, 5) is 58.1. The molecule has 1 saturated heterocycles. The number of nitrogens with zero attached hydrogens (tertiary/aromatic N) is 5. The Kier molecular flexibility index (Phi) is 5.03. The van der Waals surface area contributed by atoms with Gasteiger partial charge in [0.05, 0.1) is 30.2 Å². The van der Waals surface area contributed by atoms with E-state index >= 15 is 0 Å². The summed E-state index contributed by atoms with van der Waals surface area (Å²) < 4.78 is 0. The van der Waals surface area contributed by atoms with Crippen molar-refractivity contribution in [1.82, 2.24) is 29.7 Å². The summed E-state index contributed by atoms with van der Waals surface area (Å²) >= 11 is 0. The molecule has 162 valence electrons. The van der Waals surface area contributed by atoms with E-state index < -0.39 is 0 Å². The van der Waals surface area contributed by atoms with Gasteiger partial charge in [-0.15, -0.1) is 0 Å². The maximum absolute atomic E-state index is 13.1. The highest BCUT2D eigenvalue weighted by Crippen LogP contribution is 2.33. The highest BCUT2D eigenvalue weighted by atomic mass is 16.2. The van der Waals surface area contributed by atoms with E-state index in [-0.39, 0.29) is 29.3 Å². The number of carbonyl (C=O) groups is 2. The van der Waals surface area contributed by atoms with Gasteiger partial charge < -0.3 is 14.8 Å². The molecule has 2 aromatic rings. The van der Waals surface area contributed by atoms with Gasteiger partial charge in [-0.3, -0.25) is 19.4 Å². The zero-order valence-electron chi connectivity index (χ0n) is 17.6. The van der Waals surface area contributed by atoms with Crippen LogP contribution in [0.4, 0.5) is 0 Å². The maximum atomic E-state index is 13.1. The minimum Gasteiger partial charge on any atom is -0.336 e. The number of amides is 2. The smallest absolute Gasteiger partial charge is 0.274 e. The Labute approximate surface area is 179 Å². The van der Waals surface area contributed by atoms with Gasteiger partial charge in [0, 0.05) is 30.8 Å². The van der Waals surface area contributed by atoms with E-state index in [1.165, 1.54) is 6.20 Å². The molecule has 1 atom stereocenters. The van der Waals surface area contributed by atoms with Gasteiger partial charge in [-0.05, 0) is 45.4 Å². The van der Waals surface area contributed by atoms with Crippen LogP contribution in [0, 0.1) is 12.8 Å². The minimum atomic E-state index is -0.322. The number of nitrogens with one attached hydrogen (secondary N) is 1. The van der Waals surface area contributed by atoms with Crippen LogP contribution in [0.3, 0.4) is 0 Å². The monoisotopic (exact) mass is 422 g/mol. The number of aryl methyl sites for hydroxylation is 1. The van der Waals surface area contributed by atoms with Gasteiger partial charge in [0.1, 0.15) is 11.5 Å².